The van der Waals surface area contributed by atoms with Crippen molar-refractivity contribution < 1.29 is 14.3 Å². The van der Waals surface area contributed by atoms with Crippen LogP contribution in [0.15, 0.2) is 24.3 Å². The summed E-state index contributed by atoms with van der Waals surface area (Å²) in [6.45, 7) is 2.74. The Kier molecular flexibility index (Phi) is 9.34. The van der Waals surface area contributed by atoms with Crippen LogP contribution in [0.4, 0.5) is 0 Å². The Labute approximate surface area is 128 Å². The summed E-state index contributed by atoms with van der Waals surface area (Å²) < 4.78 is 10.4. The monoisotopic (exact) mass is 292 g/mol. The van der Waals surface area contributed by atoms with Gasteiger partial charge in [-0.05, 0) is 24.6 Å². The van der Waals surface area contributed by atoms with Gasteiger partial charge in [0.15, 0.2) is 0 Å². The van der Waals surface area contributed by atoms with Gasteiger partial charge in [0.1, 0.15) is 5.75 Å². The number of hydrogen-bond acceptors (Lipinski definition) is 3. The molecule has 0 N–H and O–H groups in total. The van der Waals surface area contributed by atoms with Crippen LogP contribution in [0.25, 0.3) is 0 Å². The molecule has 118 valence electrons. The van der Waals surface area contributed by atoms with Crippen LogP contribution in [0.5, 0.6) is 5.75 Å². The Morgan fingerprint density at radius 2 is 1.67 bits per heavy atom. The van der Waals surface area contributed by atoms with Gasteiger partial charge in [0.2, 0.25) is 0 Å². The molecule has 0 saturated heterocycles. The quantitative estimate of drug-likeness (QED) is 0.425. The predicted octanol–water partition coefficient (Wildman–Crippen LogP) is 4.99. The van der Waals surface area contributed by atoms with Crippen molar-refractivity contribution in [1.29, 1.82) is 0 Å². The summed E-state index contributed by atoms with van der Waals surface area (Å²) in [5.74, 6) is 0.411. The van der Waals surface area contributed by atoms with E-state index in [0.717, 1.165) is 12.8 Å². The number of methoxy groups -OCH3 is 1. The molecule has 0 spiro atoms. The van der Waals surface area contributed by atoms with Gasteiger partial charge in [-0.1, -0.05) is 57.9 Å². The number of esters is 1. The number of carbonyl (C=O) groups is 1. The number of carbonyl (C=O) groups excluding carboxylic acids is 1. The van der Waals surface area contributed by atoms with Crippen LogP contribution < -0.4 is 4.74 Å². The molecule has 21 heavy (non-hydrogen) atoms. The fourth-order valence-electron chi connectivity index (χ4n) is 2.23. The van der Waals surface area contributed by atoms with Crippen LogP contribution in [-0.2, 0) is 4.74 Å². The maximum Gasteiger partial charge on any atom is 0.338 e. The molecule has 0 aromatic heterocycles. The SMILES string of the molecule is CCCCCCCCCCOC(=O)c1cccc(OC)c1. The van der Waals surface area contributed by atoms with Crippen LogP contribution in [0.2, 0.25) is 0 Å². The number of rotatable bonds is 11. The third-order valence-electron chi connectivity index (χ3n) is 3.54. The molecule has 1 rings (SSSR count). The Morgan fingerprint density at radius 1 is 1.00 bits per heavy atom. The molecule has 3 heteroatoms. The van der Waals surface area contributed by atoms with Gasteiger partial charge in [0.05, 0.1) is 19.3 Å². The van der Waals surface area contributed by atoms with E-state index in [9.17, 15) is 4.79 Å². The molecular formula is C18H28O3. The third-order valence-corrected chi connectivity index (χ3v) is 3.54. The highest BCUT2D eigenvalue weighted by atomic mass is 16.5. The second kappa shape index (κ2) is 11.2. The Balaban J connectivity index is 2.08. The lowest BCUT2D eigenvalue weighted by atomic mass is 10.1. The summed E-state index contributed by atoms with van der Waals surface area (Å²) in [5.41, 5.74) is 0.550. The van der Waals surface area contributed by atoms with Crippen molar-refractivity contribution in [3.8, 4) is 5.75 Å². The molecule has 0 unspecified atom stereocenters. The normalized spacial score (nSPS) is 10.4. The van der Waals surface area contributed by atoms with Gasteiger partial charge < -0.3 is 9.47 Å². The fraction of sp³-hybridized carbons (Fsp3) is 0.611. The molecule has 0 radical (unpaired) electrons. The molecule has 0 heterocycles. The van der Waals surface area contributed by atoms with E-state index in [4.69, 9.17) is 9.47 Å². The third kappa shape index (κ3) is 7.74. The van der Waals surface area contributed by atoms with E-state index < -0.39 is 0 Å². The second-order valence-corrected chi connectivity index (χ2v) is 5.34. The van der Waals surface area contributed by atoms with E-state index in [1.165, 1.54) is 38.5 Å². The molecule has 0 aliphatic rings. The van der Waals surface area contributed by atoms with Crippen molar-refractivity contribution in [3.63, 3.8) is 0 Å². The highest BCUT2D eigenvalue weighted by Gasteiger charge is 2.07. The molecule has 0 aliphatic heterocycles. The van der Waals surface area contributed by atoms with Crippen molar-refractivity contribution in [3.05, 3.63) is 29.8 Å². The van der Waals surface area contributed by atoms with Crippen LogP contribution >= 0.6 is 0 Å². The summed E-state index contributed by atoms with van der Waals surface area (Å²) in [6, 6.07) is 7.07. The first-order valence-corrected chi connectivity index (χ1v) is 8.09. The summed E-state index contributed by atoms with van der Waals surface area (Å²) >= 11 is 0. The first kappa shape index (κ1) is 17.5. The topological polar surface area (TPSA) is 35.5 Å². The molecule has 0 fully saturated rings. The second-order valence-electron chi connectivity index (χ2n) is 5.34. The van der Waals surface area contributed by atoms with Crippen LogP contribution in [0.1, 0.15) is 68.6 Å². The lowest BCUT2D eigenvalue weighted by molar-refractivity contribution is 0.0497. The zero-order valence-corrected chi connectivity index (χ0v) is 13.4. The van der Waals surface area contributed by atoms with Crippen LogP contribution in [-0.4, -0.2) is 19.7 Å². The molecule has 0 amide bonds. The van der Waals surface area contributed by atoms with Crippen LogP contribution in [0, 0.1) is 0 Å². The maximum absolute atomic E-state index is 11.8. The number of unbranched alkanes of at least 4 members (excludes halogenated alkanes) is 7. The summed E-state index contributed by atoms with van der Waals surface area (Å²) in [5, 5.41) is 0. The van der Waals surface area contributed by atoms with Gasteiger partial charge in [0.25, 0.3) is 0 Å². The number of ether oxygens (including phenoxy) is 2. The largest absolute Gasteiger partial charge is 0.497 e. The van der Waals surface area contributed by atoms with E-state index >= 15 is 0 Å². The van der Waals surface area contributed by atoms with Gasteiger partial charge in [-0.3, -0.25) is 0 Å². The minimum Gasteiger partial charge on any atom is -0.497 e. The van der Waals surface area contributed by atoms with Gasteiger partial charge in [-0.25, -0.2) is 4.79 Å². The van der Waals surface area contributed by atoms with E-state index in [1.54, 1.807) is 25.3 Å². The number of hydrogen-bond donors (Lipinski definition) is 0. The Bertz CT molecular complexity index is 401. The van der Waals surface area contributed by atoms with E-state index in [1.807, 2.05) is 6.07 Å². The van der Waals surface area contributed by atoms with Gasteiger partial charge in [-0.2, -0.15) is 0 Å². The summed E-state index contributed by atoms with van der Waals surface area (Å²) in [4.78, 5) is 11.8. The van der Waals surface area contributed by atoms with E-state index in [2.05, 4.69) is 6.92 Å². The Hall–Kier alpha value is -1.51. The lowest BCUT2D eigenvalue weighted by Crippen LogP contribution is -2.06. The minimum atomic E-state index is -0.267. The van der Waals surface area contributed by atoms with Crippen molar-refractivity contribution >= 4 is 5.97 Å². The van der Waals surface area contributed by atoms with Gasteiger partial charge in [0, 0.05) is 0 Å². The summed E-state index contributed by atoms with van der Waals surface area (Å²) in [6.07, 6.45) is 9.93. The maximum atomic E-state index is 11.8. The van der Waals surface area contributed by atoms with Crippen molar-refractivity contribution in [1.82, 2.24) is 0 Å². The fourth-order valence-corrected chi connectivity index (χ4v) is 2.23. The average Bonchev–Trinajstić information content (AvgIpc) is 2.53. The molecule has 3 nitrogen and oxygen atoms in total. The molecule has 0 bridgehead atoms. The van der Waals surface area contributed by atoms with Gasteiger partial charge >= 0.3 is 5.97 Å². The molecule has 0 saturated carbocycles. The first-order chi connectivity index (χ1) is 10.3. The smallest absolute Gasteiger partial charge is 0.338 e. The molecule has 1 aromatic carbocycles. The van der Waals surface area contributed by atoms with Crippen molar-refractivity contribution in [2.45, 2.75) is 58.3 Å². The van der Waals surface area contributed by atoms with Gasteiger partial charge in [-0.15, -0.1) is 0 Å². The molecular weight excluding hydrogens is 264 g/mol. The molecule has 0 atom stereocenters. The van der Waals surface area contributed by atoms with E-state index in [-0.39, 0.29) is 5.97 Å². The zero-order chi connectivity index (χ0) is 15.3. The molecule has 0 aliphatic carbocycles. The summed E-state index contributed by atoms with van der Waals surface area (Å²) in [7, 11) is 1.59. The average molecular weight is 292 g/mol. The predicted molar refractivity (Wildman–Crippen MR) is 85.9 cm³/mol. The number of benzene rings is 1. The highest BCUT2D eigenvalue weighted by molar-refractivity contribution is 5.89. The van der Waals surface area contributed by atoms with Crippen molar-refractivity contribution in [2.75, 3.05) is 13.7 Å². The first-order valence-electron chi connectivity index (χ1n) is 8.09. The van der Waals surface area contributed by atoms with Crippen LogP contribution in [0.3, 0.4) is 0 Å². The minimum absolute atomic E-state index is 0.267. The Morgan fingerprint density at radius 3 is 2.33 bits per heavy atom. The van der Waals surface area contributed by atoms with Crippen molar-refractivity contribution in [2.24, 2.45) is 0 Å². The van der Waals surface area contributed by atoms with E-state index in [0.29, 0.717) is 17.9 Å². The standard InChI is InChI=1S/C18H28O3/c1-3-4-5-6-7-8-9-10-14-21-18(19)16-12-11-13-17(15-16)20-2/h11-13,15H,3-10,14H2,1-2H3. The lowest BCUT2D eigenvalue weighted by Gasteiger charge is -2.06. The molecule has 1 aromatic rings. The zero-order valence-electron chi connectivity index (χ0n) is 13.4. The highest BCUT2D eigenvalue weighted by Crippen LogP contribution is 2.14.